The van der Waals surface area contributed by atoms with Crippen LogP contribution in [0, 0.1) is 0 Å². The predicted molar refractivity (Wildman–Crippen MR) is 114 cm³/mol. The minimum absolute atomic E-state index is 0.216. The van der Waals surface area contributed by atoms with E-state index < -0.39 is 10.0 Å². The summed E-state index contributed by atoms with van der Waals surface area (Å²) in [5, 5.41) is 1.98. The van der Waals surface area contributed by atoms with Crippen molar-refractivity contribution in [3.63, 3.8) is 0 Å². The number of sulfonamides is 1. The number of H-pyrrole nitrogens is 1. The van der Waals surface area contributed by atoms with Crippen molar-refractivity contribution in [2.75, 3.05) is 17.7 Å². The fraction of sp³-hybridized carbons (Fsp3) is 0.333. The summed E-state index contributed by atoms with van der Waals surface area (Å²) in [4.78, 5) is 13.9. The maximum absolute atomic E-state index is 12.7. The van der Waals surface area contributed by atoms with Crippen LogP contribution in [0.25, 0.3) is 0 Å². The third-order valence-electron chi connectivity index (χ3n) is 4.82. The van der Waals surface area contributed by atoms with Gasteiger partial charge >= 0.3 is 0 Å². The Kier molecular flexibility index (Phi) is 5.55. The fourth-order valence-corrected chi connectivity index (χ4v) is 5.63. The molecule has 0 spiro atoms. The molecule has 1 atom stereocenters. The molecule has 0 saturated carbocycles. The Morgan fingerprint density at radius 2 is 2.25 bits per heavy atom. The monoisotopic (exact) mass is 481 g/mol. The highest BCUT2D eigenvalue weighted by Gasteiger charge is 2.33. The molecule has 0 unspecified atom stereocenters. The SMILES string of the molecule is CS(=O)(=O)N1Cc2cc(Br)ccc2N(Cc2cnc[nH]2)C[C@H]1Cc1cscn1. The van der Waals surface area contributed by atoms with E-state index in [1.54, 1.807) is 22.3 Å². The molecule has 3 aromatic rings. The lowest BCUT2D eigenvalue weighted by atomic mass is 10.1. The van der Waals surface area contributed by atoms with Crippen LogP contribution in [0.15, 0.2) is 46.1 Å². The van der Waals surface area contributed by atoms with Gasteiger partial charge in [0.15, 0.2) is 0 Å². The first-order valence-corrected chi connectivity index (χ1v) is 12.3. The molecule has 28 heavy (non-hydrogen) atoms. The zero-order valence-corrected chi connectivity index (χ0v) is 18.5. The highest BCUT2D eigenvalue weighted by molar-refractivity contribution is 9.10. The van der Waals surface area contributed by atoms with Crippen LogP contribution in [0.1, 0.15) is 17.0 Å². The van der Waals surface area contributed by atoms with Gasteiger partial charge in [-0.2, -0.15) is 4.31 Å². The van der Waals surface area contributed by atoms with Gasteiger partial charge in [0.25, 0.3) is 0 Å². The van der Waals surface area contributed by atoms with Crippen LogP contribution >= 0.6 is 27.3 Å². The molecule has 0 amide bonds. The summed E-state index contributed by atoms with van der Waals surface area (Å²) in [6.45, 7) is 1.53. The maximum Gasteiger partial charge on any atom is 0.211 e. The van der Waals surface area contributed by atoms with E-state index in [1.165, 1.54) is 17.6 Å². The number of fused-ring (bicyclic) bond motifs is 1. The molecule has 1 aliphatic heterocycles. The van der Waals surface area contributed by atoms with Gasteiger partial charge in [0.05, 0.1) is 36.0 Å². The topological polar surface area (TPSA) is 82.2 Å². The number of nitrogens with zero attached hydrogens (tertiary/aromatic N) is 4. The number of aromatic nitrogens is 3. The largest absolute Gasteiger partial charge is 0.364 e. The minimum atomic E-state index is -3.40. The van der Waals surface area contributed by atoms with Crippen LogP contribution in [0.2, 0.25) is 0 Å². The molecule has 3 heterocycles. The van der Waals surface area contributed by atoms with Crippen molar-refractivity contribution >= 4 is 43.0 Å². The number of imidazole rings is 1. The van der Waals surface area contributed by atoms with E-state index in [0.29, 0.717) is 26.1 Å². The number of hydrogen-bond acceptors (Lipinski definition) is 6. The van der Waals surface area contributed by atoms with Crippen LogP contribution in [0.5, 0.6) is 0 Å². The van der Waals surface area contributed by atoms with Crippen LogP contribution in [0.3, 0.4) is 0 Å². The van der Waals surface area contributed by atoms with Crippen molar-refractivity contribution < 1.29 is 8.42 Å². The molecule has 0 radical (unpaired) electrons. The molecular weight excluding hydrogens is 462 g/mol. The van der Waals surface area contributed by atoms with Gasteiger partial charge in [0, 0.05) is 47.3 Å². The Labute approximate surface area is 176 Å². The molecular formula is C18H20BrN5O2S2. The van der Waals surface area contributed by atoms with Gasteiger partial charge in [0.1, 0.15) is 0 Å². The number of halogens is 1. The Balaban J connectivity index is 1.76. The molecule has 0 aliphatic carbocycles. The average Bonchev–Trinajstić information content (AvgIpc) is 3.29. The number of rotatable bonds is 5. The van der Waals surface area contributed by atoms with Gasteiger partial charge in [-0.3, -0.25) is 0 Å². The Hall–Kier alpha value is -1.75. The molecule has 2 aromatic heterocycles. The Morgan fingerprint density at radius 1 is 1.39 bits per heavy atom. The molecule has 1 N–H and O–H groups in total. The number of benzene rings is 1. The first kappa shape index (κ1) is 19.6. The lowest BCUT2D eigenvalue weighted by molar-refractivity contribution is 0.319. The van der Waals surface area contributed by atoms with Gasteiger partial charge < -0.3 is 9.88 Å². The third kappa shape index (κ3) is 4.29. The van der Waals surface area contributed by atoms with Crippen molar-refractivity contribution in [3.05, 3.63) is 63.0 Å². The summed E-state index contributed by atoms with van der Waals surface area (Å²) in [5.74, 6) is 0. The lowest BCUT2D eigenvalue weighted by Gasteiger charge is -2.30. The molecule has 10 heteroatoms. The van der Waals surface area contributed by atoms with Crippen LogP contribution in [-0.4, -0.2) is 46.5 Å². The molecule has 1 aliphatic rings. The van der Waals surface area contributed by atoms with E-state index in [1.807, 2.05) is 23.6 Å². The smallest absolute Gasteiger partial charge is 0.211 e. The van der Waals surface area contributed by atoms with E-state index in [9.17, 15) is 8.42 Å². The Morgan fingerprint density at radius 3 is 2.93 bits per heavy atom. The molecule has 148 valence electrons. The highest BCUT2D eigenvalue weighted by atomic mass is 79.9. The second-order valence-corrected chi connectivity index (χ2v) is 10.4. The number of nitrogens with one attached hydrogen (secondary N) is 1. The van der Waals surface area contributed by atoms with Gasteiger partial charge in [-0.1, -0.05) is 15.9 Å². The van der Waals surface area contributed by atoms with Crippen LogP contribution in [0.4, 0.5) is 5.69 Å². The zero-order valence-electron chi connectivity index (χ0n) is 15.2. The molecule has 4 rings (SSSR count). The summed E-state index contributed by atoms with van der Waals surface area (Å²) >= 11 is 5.04. The van der Waals surface area contributed by atoms with Crippen LogP contribution < -0.4 is 4.90 Å². The molecule has 1 aromatic carbocycles. The van der Waals surface area contributed by atoms with E-state index >= 15 is 0 Å². The Bertz CT molecular complexity index is 1040. The molecule has 7 nitrogen and oxygen atoms in total. The maximum atomic E-state index is 12.7. The van der Waals surface area contributed by atoms with E-state index in [4.69, 9.17) is 0 Å². The first-order chi connectivity index (χ1) is 13.4. The third-order valence-corrected chi connectivity index (χ3v) is 7.22. The second kappa shape index (κ2) is 7.94. The van der Waals surface area contributed by atoms with Gasteiger partial charge in [-0.05, 0) is 23.8 Å². The summed E-state index contributed by atoms with van der Waals surface area (Å²) in [7, 11) is -3.40. The number of aromatic amines is 1. The van der Waals surface area contributed by atoms with Gasteiger partial charge in [-0.25, -0.2) is 18.4 Å². The number of thiazole rings is 1. The summed E-state index contributed by atoms with van der Waals surface area (Å²) < 4.78 is 27.8. The molecule has 0 fully saturated rings. The van der Waals surface area contributed by atoms with E-state index in [0.717, 1.165) is 27.1 Å². The second-order valence-electron chi connectivity index (χ2n) is 6.88. The molecule has 0 bridgehead atoms. The minimum Gasteiger partial charge on any atom is -0.364 e. The normalized spacial score (nSPS) is 18.1. The van der Waals surface area contributed by atoms with Crippen molar-refractivity contribution in [2.45, 2.75) is 25.6 Å². The van der Waals surface area contributed by atoms with Crippen molar-refractivity contribution in [2.24, 2.45) is 0 Å². The zero-order chi connectivity index (χ0) is 19.7. The number of anilines is 1. The van der Waals surface area contributed by atoms with Gasteiger partial charge in [-0.15, -0.1) is 11.3 Å². The van der Waals surface area contributed by atoms with Crippen molar-refractivity contribution in [1.29, 1.82) is 0 Å². The lowest BCUT2D eigenvalue weighted by Crippen LogP contribution is -2.45. The first-order valence-electron chi connectivity index (χ1n) is 8.74. The van der Waals surface area contributed by atoms with Gasteiger partial charge in [0.2, 0.25) is 10.0 Å². The summed E-state index contributed by atoms with van der Waals surface area (Å²) in [6.07, 6.45) is 5.31. The van der Waals surface area contributed by atoms with E-state index in [-0.39, 0.29) is 6.04 Å². The summed E-state index contributed by atoms with van der Waals surface area (Å²) in [6, 6.07) is 5.82. The van der Waals surface area contributed by atoms with Crippen molar-refractivity contribution in [3.8, 4) is 0 Å². The molecule has 0 saturated heterocycles. The summed E-state index contributed by atoms with van der Waals surface area (Å²) in [5.41, 5.74) is 5.68. The van der Waals surface area contributed by atoms with Crippen LogP contribution in [-0.2, 0) is 29.5 Å². The predicted octanol–water partition coefficient (Wildman–Crippen LogP) is 3.02. The standard InChI is InChI=1S/C18H20BrN5O2S2/c1-28(25,26)24-7-13-4-14(19)2-3-18(13)23(8-16-6-20-11-21-16)9-17(24)5-15-10-27-12-22-15/h2-4,6,10-12,17H,5,7-9H2,1H3,(H,20,21)/t17-/m1/s1. The number of hydrogen-bond donors (Lipinski definition) is 1. The fourth-order valence-electron chi connectivity index (χ4n) is 3.59. The highest BCUT2D eigenvalue weighted by Crippen LogP contribution is 2.32. The van der Waals surface area contributed by atoms with E-state index in [2.05, 4.69) is 35.8 Å². The van der Waals surface area contributed by atoms with Crippen molar-refractivity contribution in [1.82, 2.24) is 19.3 Å². The average molecular weight is 482 g/mol. The quantitative estimate of drug-likeness (QED) is 0.605.